The maximum atomic E-state index is 5.40. The third-order valence-electron chi connectivity index (χ3n) is 2.43. The molecule has 1 aromatic carbocycles. The minimum atomic E-state index is 0.788. The molecule has 0 aliphatic rings. The van der Waals surface area contributed by atoms with E-state index in [2.05, 4.69) is 23.6 Å². The zero-order valence-corrected chi connectivity index (χ0v) is 10.2. The standard InChI is InChI=1S/C13H14O2S/c1-14-12-7-3-5-10(13(12)15-2)9-11-6-4-8-16-11/h3-8H,9H2,1-2H3. The van der Waals surface area contributed by atoms with Crippen molar-refractivity contribution < 1.29 is 9.47 Å². The van der Waals surface area contributed by atoms with Crippen LogP contribution >= 0.6 is 11.3 Å². The molecule has 16 heavy (non-hydrogen) atoms. The fourth-order valence-electron chi connectivity index (χ4n) is 1.69. The maximum absolute atomic E-state index is 5.40. The molecule has 0 saturated heterocycles. The first-order chi connectivity index (χ1) is 7.85. The molecule has 2 rings (SSSR count). The van der Waals surface area contributed by atoms with Crippen LogP contribution in [0.5, 0.6) is 11.5 Å². The molecule has 3 heteroatoms. The van der Waals surface area contributed by atoms with Crippen molar-refractivity contribution in [3.63, 3.8) is 0 Å². The Labute approximate surface area is 99.5 Å². The number of benzene rings is 1. The van der Waals surface area contributed by atoms with Gasteiger partial charge in [0.25, 0.3) is 0 Å². The Morgan fingerprint density at radius 2 is 1.94 bits per heavy atom. The summed E-state index contributed by atoms with van der Waals surface area (Å²) in [5.41, 5.74) is 1.16. The van der Waals surface area contributed by atoms with E-state index in [0.717, 1.165) is 23.5 Å². The fourth-order valence-corrected chi connectivity index (χ4v) is 2.42. The first kappa shape index (κ1) is 11.0. The van der Waals surface area contributed by atoms with Gasteiger partial charge in [-0.05, 0) is 17.5 Å². The number of methoxy groups -OCH3 is 2. The molecule has 0 amide bonds. The van der Waals surface area contributed by atoms with Gasteiger partial charge in [-0.1, -0.05) is 18.2 Å². The van der Waals surface area contributed by atoms with E-state index in [4.69, 9.17) is 9.47 Å². The lowest BCUT2D eigenvalue weighted by Gasteiger charge is -2.11. The molecule has 0 radical (unpaired) electrons. The summed E-state index contributed by atoms with van der Waals surface area (Å²) >= 11 is 1.75. The lowest BCUT2D eigenvalue weighted by atomic mass is 10.1. The molecule has 2 nitrogen and oxygen atoms in total. The van der Waals surface area contributed by atoms with Gasteiger partial charge in [0, 0.05) is 16.9 Å². The minimum absolute atomic E-state index is 0.788. The minimum Gasteiger partial charge on any atom is -0.493 e. The fraction of sp³-hybridized carbons (Fsp3) is 0.231. The largest absolute Gasteiger partial charge is 0.493 e. The summed E-state index contributed by atoms with van der Waals surface area (Å²) in [5.74, 6) is 1.62. The highest BCUT2D eigenvalue weighted by atomic mass is 32.1. The van der Waals surface area contributed by atoms with E-state index in [9.17, 15) is 0 Å². The van der Waals surface area contributed by atoms with Crippen LogP contribution in [-0.4, -0.2) is 14.2 Å². The van der Waals surface area contributed by atoms with Crippen molar-refractivity contribution in [2.75, 3.05) is 14.2 Å². The van der Waals surface area contributed by atoms with Gasteiger partial charge >= 0.3 is 0 Å². The molecule has 0 N–H and O–H groups in total. The van der Waals surface area contributed by atoms with E-state index < -0.39 is 0 Å². The van der Waals surface area contributed by atoms with E-state index in [-0.39, 0.29) is 0 Å². The molecule has 0 fully saturated rings. The molecule has 0 aliphatic carbocycles. The molecule has 0 bridgehead atoms. The van der Waals surface area contributed by atoms with Gasteiger partial charge in [-0.25, -0.2) is 0 Å². The van der Waals surface area contributed by atoms with Gasteiger partial charge in [-0.3, -0.25) is 0 Å². The van der Waals surface area contributed by atoms with Crippen LogP contribution < -0.4 is 9.47 Å². The quantitative estimate of drug-likeness (QED) is 0.807. The van der Waals surface area contributed by atoms with Crippen molar-refractivity contribution in [2.45, 2.75) is 6.42 Å². The summed E-state index contributed by atoms with van der Waals surface area (Å²) in [6.45, 7) is 0. The van der Waals surface area contributed by atoms with Gasteiger partial charge in [0.05, 0.1) is 14.2 Å². The number of rotatable bonds is 4. The second-order valence-corrected chi connectivity index (χ2v) is 4.44. The van der Waals surface area contributed by atoms with Crippen LogP contribution in [-0.2, 0) is 6.42 Å². The first-order valence-corrected chi connectivity index (χ1v) is 5.95. The lowest BCUT2D eigenvalue weighted by molar-refractivity contribution is 0.352. The van der Waals surface area contributed by atoms with E-state index >= 15 is 0 Å². The molecular formula is C13H14O2S. The zero-order valence-electron chi connectivity index (χ0n) is 9.40. The molecule has 0 unspecified atom stereocenters. The number of hydrogen-bond acceptors (Lipinski definition) is 3. The van der Waals surface area contributed by atoms with Crippen LogP contribution in [0.2, 0.25) is 0 Å². The third-order valence-corrected chi connectivity index (χ3v) is 3.31. The van der Waals surface area contributed by atoms with Gasteiger partial charge in [0.2, 0.25) is 0 Å². The van der Waals surface area contributed by atoms with Gasteiger partial charge in [0.15, 0.2) is 11.5 Å². The Morgan fingerprint density at radius 1 is 1.06 bits per heavy atom. The number of ether oxygens (including phenoxy) is 2. The topological polar surface area (TPSA) is 18.5 Å². The molecule has 0 aliphatic heterocycles. The van der Waals surface area contributed by atoms with E-state index in [1.54, 1.807) is 25.6 Å². The van der Waals surface area contributed by atoms with Gasteiger partial charge in [-0.2, -0.15) is 0 Å². The van der Waals surface area contributed by atoms with Crippen molar-refractivity contribution in [3.05, 3.63) is 46.2 Å². The summed E-state index contributed by atoms with van der Waals surface area (Å²) in [4.78, 5) is 1.33. The van der Waals surface area contributed by atoms with Gasteiger partial charge < -0.3 is 9.47 Å². The first-order valence-electron chi connectivity index (χ1n) is 5.07. The zero-order chi connectivity index (χ0) is 11.4. The molecule has 1 aromatic heterocycles. The molecule has 1 heterocycles. The monoisotopic (exact) mass is 234 g/mol. The van der Waals surface area contributed by atoms with Crippen LogP contribution in [0.4, 0.5) is 0 Å². The molecule has 0 atom stereocenters. The summed E-state index contributed by atoms with van der Waals surface area (Å²) < 4.78 is 10.7. The average Bonchev–Trinajstić information content (AvgIpc) is 2.81. The summed E-state index contributed by atoms with van der Waals surface area (Å²) in [7, 11) is 3.34. The van der Waals surface area contributed by atoms with E-state index in [1.165, 1.54) is 4.88 Å². The van der Waals surface area contributed by atoms with E-state index in [0.29, 0.717) is 0 Å². The number of thiophene rings is 1. The molecule has 2 aromatic rings. The van der Waals surface area contributed by atoms with Crippen molar-refractivity contribution in [1.82, 2.24) is 0 Å². The van der Waals surface area contributed by atoms with Crippen LogP contribution in [0.15, 0.2) is 35.7 Å². The van der Waals surface area contributed by atoms with Crippen LogP contribution in [0.1, 0.15) is 10.4 Å². The van der Waals surface area contributed by atoms with Crippen molar-refractivity contribution in [3.8, 4) is 11.5 Å². The number of hydrogen-bond donors (Lipinski definition) is 0. The van der Waals surface area contributed by atoms with Crippen molar-refractivity contribution in [1.29, 1.82) is 0 Å². The number of para-hydroxylation sites is 1. The van der Waals surface area contributed by atoms with Crippen molar-refractivity contribution >= 4 is 11.3 Å². The normalized spacial score (nSPS) is 10.1. The van der Waals surface area contributed by atoms with Crippen LogP contribution in [0, 0.1) is 0 Å². The van der Waals surface area contributed by atoms with E-state index in [1.807, 2.05) is 12.1 Å². The second kappa shape index (κ2) is 5.03. The second-order valence-electron chi connectivity index (χ2n) is 3.41. The molecule has 0 spiro atoms. The predicted molar refractivity (Wildman–Crippen MR) is 66.7 cm³/mol. The summed E-state index contributed by atoms with van der Waals surface area (Å²) in [6.07, 6.45) is 0.887. The summed E-state index contributed by atoms with van der Waals surface area (Å²) in [5, 5.41) is 2.09. The highest BCUT2D eigenvalue weighted by Gasteiger charge is 2.09. The smallest absolute Gasteiger partial charge is 0.164 e. The molecule has 84 valence electrons. The SMILES string of the molecule is COc1cccc(Cc2cccs2)c1OC. The third kappa shape index (κ3) is 2.19. The molecule has 0 saturated carbocycles. The lowest BCUT2D eigenvalue weighted by Crippen LogP contribution is -1.96. The Balaban J connectivity index is 2.33. The maximum Gasteiger partial charge on any atom is 0.164 e. The van der Waals surface area contributed by atoms with Gasteiger partial charge in [-0.15, -0.1) is 11.3 Å². The highest BCUT2D eigenvalue weighted by Crippen LogP contribution is 2.32. The Kier molecular flexibility index (Phi) is 3.47. The van der Waals surface area contributed by atoms with Crippen LogP contribution in [0.3, 0.4) is 0 Å². The van der Waals surface area contributed by atoms with Crippen LogP contribution in [0.25, 0.3) is 0 Å². The average molecular weight is 234 g/mol. The Bertz CT molecular complexity index is 449. The predicted octanol–water partition coefficient (Wildman–Crippen LogP) is 3.36. The Morgan fingerprint density at radius 3 is 2.56 bits per heavy atom. The molecular weight excluding hydrogens is 220 g/mol. The van der Waals surface area contributed by atoms with Gasteiger partial charge in [0.1, 0.15) is 0 Å². The summed E-state index contributed by atoms with van der Waals surface area (Å²) in [6, 6.07) is 10.2. The Hall–Kier alpha value is -1.48. The highest BCUT2D eigenvalue weighted by molar-refractivity contribution is 7.09. The van der Waals surface area contributed by atoms with Crippen molar-refractivity contribution in [2.24, 2.45) is 0 Å².